The van der Waals surface area contributed by atoms with Gasteiger partial charge in [0.05, 0.1) is 18.1 Å². The van der Waals surface area contributed by atoms with Crippen molar-refractivity contribution in [1.82, 2.24) is 4.98 Å². The van der Waals surface area contributed by atoms with E-state index in [9.17, 15) is 8.42 Å². The van der Waals surface area contributed by atoms with Crippen LogP contribution in [0, 0.1) is 18.3 Å². The molecule has 108 valence electrons. The van der Waals surface area contributed by atoms with Crippen LogP contribution in [-0.2, 0) is 10.0 Å². The van der Waals surface area contributed by atoms with E-state index in [0.29, 0.717) is 12.4 Å². The van der Waals surface area contributed by atoms with Crippen molar-refractivity contribution in [2.24, 2.45) is 16.5 Å². The fraction of sp³-hybridized carbons (Fsp3) is 0.615. The third kappa shape index (κ3) is 5.57. The molecule has 19 heavy (non-hydrogen) atoms. The summed E-state index contributed by atoms with van der Waals surface area (Å²) in [6.45, 7) is 8.07. The molecule has 1 aromatic rings. The summed E-state index contributed by atoms with van der Waals surface area (Å²) in [7, 11) is -3.52. The monoisotopic (exact) mass is 286 g/mol. The minimum Gasteiger partial charge on any atom is -0.491 e. The molecular formula is C13H22N2O3S. The van der Waals surface area contributed by atoms with Gasteiger partial charge in [0.1, 0.15) is 5.75 Å². The summed E-state index contributed by atoms with van der Waals surface area (Å²) < 4.78 is 28.2. The van der Waals surface area contributed by atoms with Crippen LogP contribution >= 0.6 is 0 Å². The quantitative estimate of drug-likeness (QED) is 0.893. The van der Waals surface area contributed by atoms with Crippen LogP contribution in [0.1, 0.15) is 26.5 Å². The first kappa shape index (κ1) is 15.9. The van der Waals surface area contributed by atoms with E-state index in [1.165, 1.54) is 0 Å². The highest BCUT2D eigenvalue weighted by molar-refractivity contribution is 7.89. The number of sulfonamides is 1. The molecule has 0 saturated heterocycles. The van der Waals surface area contributed by atoms with Gasteiger partial charge in [-0.05, 0) is 24.5 Å². The van der Waals surface area contributed by atoms with Gasteiger partial charge in [0.25, 0.3) is 0 Å². The van der Waals surface area contributed by atoms with Crippen LogP contribution in [0.3, 0.4) is 0 Å². The average molecular weight is 286 g/mol. The smallest absolute Gasteiger partial charge is 0.209 e. The molecule has 2 N–H and O–H groups in total. The van der Waals surface area contributed by atoms with Crippen LogP contribution in [0.4, 0.5) is 0 Å². The Bertz CT molecular complexity index is 521. The second-order valence-corrected chi connectivity index (χ2v) is 7.45. The lowest BCUT2D eigenvalue weighted by Gasteiger charge is -2.29. The number of aromatic nitrogens is 1. The maximum absolute atomic E-state index is 11.3. The van der Waals surface area contributed by atoms with Crippen LogP contribution in [0.5, 0.6) is 5.75 Å². The topological polar surface area (TPSA) is 82.3 Å². The van der Waals surface area contributed by atoms with Crippen LogP contribution < -0.4 is 9.88 Å². The zero-order valence-electron chi connectivity index (χ0n) is 11.9. The second kappa shape index (κ2) is 5.88. The Balaban J connectivity index is 2.77. The number of rotatable bonds is 5. The zero-order valence-corrected chi connectivity index (χ0v) is 12.7. The number of primary sulfonamides is 1. The number of hydrogen-bond donors (Lipinski definition) is 1. The molecule has 0 bridgehead atoms. The summed E-state index contributed by atoms with van der Waals surface area (Å²) in [5, 5.41) is 5.14. The Labute approximate surface area is 115 Å². The molecule has 0 aliphatic carbocycles. The van der Waals surface area contributed by atoms with Gasteiger partial charge in [0.15, 0.2) is 0 Å². The van der Waals surface area contributed by atoms with Crippen molar-refractivity contribution >= 4 is 10.0 Å². The summed E-state index contributed by atoms with van der Waals surface area (Å²) >= 11 is 0. The van der Waals surface area contributed by atoms with E-state index in [1.807, 2.05) is 33.8 Å². The maximum Gasteiger partial charge on any atom is 0.209 e. The summed E-state index contributed by atoms with van der Waals surface area (Å²) in [5.41, 5.74) is 0.577. The molecule has 1 heterocycles. The SMILES string of the molecule is Cc1ncccc1OCC(CS(N)(=O)=O)C(C)(C)C. The molecule has 0 amide bonds. The van der Waals surface area contributed by atoms with E-state index < -0.39 is 10.0 Å². The average Bonchev–Trinajstić information content (AvgIpc) is 2.23. The van der Waals surface area contributed by atoms with Crippen molar-refractivity contribution < 1.29 is 13.2 Å². The predicted molar refractivity (Wildman–Crippen MR) is 75.4 cm³/mol. The minimum absolute atomic E-state index is 0.0875. The Morgan fingerprint density at radius 3 is 2.53 bits per heavy atom. The van der Waals surface area contributed by atoms with E-state index in [4.69, 9.17) is 9.88 Å². The highest BCUT2D eigenvalue weighted by Crippen LogP contribution is 2.28. The van der Waals surface area contributed by atoms with Gasteiger partial charge < -0.3 is 4.74 Å². The van der Waals surface area contributed by atoms with Gasteiger partial charge in [0, 0.05) is 12.1 Å². The van der Waals surface area contributed by atoms with Crippen LogP contribution in [0.2, 0.25) is 0 Å². The third-order valence-electron chi connectivity index (χ3n) is 3.06. The van der Waals surface area contributed by atoms with Gasteiger partial charge in [-0.1, -0.05) is 20.8 Å². The highest BCUT2D eigenvalue weighted by atomic mass is 32.2. The predicted octanol–water partition coefficient (Wildman–Crippen LogP) is 1.72. The van der Waals surface area contributed by atoms with Crippen molar-refractivity contribution in [3.05, 3.63) is 24.0 Å². The fourth-order valence-electron chi connectivity index (χ4n) is 1.64. The van der Waals surface area contributed by atoms with Gasteiger partial charge in [0.2, 0.25) is 10.0 Å². The number of hydrogen-bond acceptors (Lipinski definition) is 4. The number of nitrogens with zero attached hydrogens (tertiary/aromatic N) is 1. The molecule has 5 nitrogen and oxygen atoms in total. The molecule has 0 aromatic carbocycles. The van der Waals surface area contributed by atoms with Crippen LogP contribution in [0.15, 0.2) is 18.3 Å². The molecule has 0 aliphatic rings. The summed E-state index contributed by atoms with van der Waals surface area (Å²) in [6, 6.07) is 3.60. The summed E-state index contributed by atoms with van der Waals surface area (Å²) in [6.07, 6.45) is 1.69. The molecule has 1 rings (SSSR count). The lowest BCUT2D eigenvalue weighted by atomic mass is 9.82. The molecular weight excluding hydrogens is 264 g/mol. The Hall–Kier alpha value is -1.14. The lowest BCUT2D eigenvalue weighted by molar-refractivity contribution is 0.162. The molecule has 1 aromatic heterocycles. The number of aryl methyl sites for hydroxylation is 1. The summed E-state index contributed by atoms with van der Waals surface area (Å²) in [5.74, 6) is 0.406. The first-order valence-corrected chi connectivity index (χ1v) is 7.86. The Morgan fingerprint density at radius 1 is 1.42 bits per heavy atom. The molecule has 1 unspecified atom stereocenters. The van der Waals surface area contributed by atoms with Gasteiger partial charge in [-0.15, -0.1) is 0 Å². The zero-order chi connectivity index (χ0) is 14.7. The standard InChI is InChI=1S/C13H22N2O3S/c1-10-12(6-5-7-15-10)18-8-11(13(2,3)4)9-19(14,16)17/h5-7,11H,8-9H2,1-4H3,(H2,14,16,17). The normalized spacial score (nSPS) is 14.2. The van der Waals surface area contributed by atoms with E-state index in [1.54, 1.807) is 12.3 Å². The first-order valence-electron chi connectivity index (χ1n) is 6.14. The van der Waals surface area contributed by atoms with Gasteiger partial charge >= 0.3 is 0 Å². The van der Waals surface area contributed by atoms with E-state index >= 15 is 0 Å². The van der Waals surface area contributed by atoms with Crippen molar-refractivity contribution in [2.75, 3.05) is 12.4 Å². The highest BCUT2D eigenvalue weighted by Gasteiger charge is 2.29. The van der Waals surface area contributed by atoms with Crippen LogP contribution in [-0.4, -0.2) is 25.8 Å². The largest absolute Gasteiger partial charge is 0.491 e. The molecule has 0 aliphatic heterocycles. The van der Waals surface area contributed by atoms with Crippen molar-refractivity contribution in [2.45, 2.75) is 27.7 Å². The molecule has 0 spiro atoms. The minimum atomic E-state index is -3.52. The van der Waals surface area contributed by atoms with E-state index in [-0.39, 0.29) is 17.1 Å². The third-order valence-corrected chi connectivity index (χ3v) is 3.92. The van der Waals surface area contributed by atoms with Crippen molar-refractivity contribution in [3.8, 4) is 5.75 Å². The maximum atomic E-state index is 11.3. The van der Waals surface area contributed by atoms with Crippen LogP contribution in [0.25, 0.3) is 0 Å². The number of nitrogens with two attached hydrogens (primary N) is 1. The molecule has 1 atom stereocenters. The number of ether oxygens (including phenoxy) is 1. The molecule has 0 radical (unpaired) electrons. The Kier molecular flexibility index (Phi) is 4.92. The fourth-order valence-corrected chi connectivity index (χ4v) is 2.80. The number of pyridine rings is 1. The second-order valence-electron chi connectivity index (χ2n) is 5.79. The van der Waals surface area contributed by atoms with Gasteiger partial charge in [-0.3, -0.25) is 4.98 Å². The van der Waals surface area contributed by atoms with Gasteiger partial charge in [-0.2, -0.15) is 0 Å². The molecule has 0 saturated carbocycles. The van der Waals surface area contributed by atoms with E-state index in [0.717, 1.165) is 5.69 Å². The summed E-state index contributed by atoms with van der Waals surface area (Å²) in [4.78, 5) is 4.13. The van der Waals surface area contributed by atoms with E-state index in [2.05, 4.69) is 4.98 Å². The Morgan fingerprint density at radius 2 is 2.05 bits per heavy atom. The van der Waals surface area contributed by atoms with Crippen molar-refractivity contribution in [1.29, 1.82) is 0 Å². The molecule has 6 heteroatoms. The first-order chi connectivity index (χ1) is 8.59. The lowest BCUT2D eigenvalue weighted by Crippen LogP contribution is -2.35. The molecule has 0 fully saturated rings. The van der Waals surface area contributed by atoms with Gasteiger partial charge in [-0.25, -0.2) is 13.6 Å². The van der Waals surface area contributed by atoms with Crippen molar-refractivity contribution in [3.63, 3.8) is 0 Å².